The van der Waals surface area contributed by atoms with Crippen molar-refractivity contribution in [2.24, 2.45) is 0 Å². The average Bonchev–Trinajstić information content (AvgIpc) is 3.66. The molecule has 1 aliphatic carbocycles. The van der Waals surface area contributed by atoms with Gasteiger partial charge in [0.2, 0.25) is 0 Å². The molecule has 10 heteroatoms. The van der Waals surface area contributed by atoms with Crippen LogP contribution >= 0.6 is 0 Å². The molecular weight excluding hydrogens is 496 g/mol. The highest BCUT2D eigenvalue weighted by molar-refractivity contribution is 7.85. The Hall–Kier alpha value is -4.23. The maximum atomic E-state index is 13.5. The molecule has 1 N–H and O–H groups in total. The number of H-pyrrole nitrogens is 1. The lowest BCUT2D eigenvalue weighted by atomic mass is 10.0. The van der Waals surface area contributed by atoms with Crippen molar-refractivity contribution in [3.05, 3.63) is 73.3 Å². The highest BCUT2D eigenvalue weighted by atomic mass is 32.2. The van der Waals surface area contributed by atoms with Gasteiger partial charge in [-0.3, -0.25) is 18.9 Å². The van der Waals surface area contributed by atoms with Crippen molar-refractivity contribution in [1.82, 2.24) is 34.7 Å². The van der Waals surface area contributed by atoms with Crippen LogP contribution in [-0.4, -0.2) is 44.2 Å². The van der Waals surface area contributed by atoms with Gasteiger partial charge in [-0.1, -0.05) is 19.3 Å². The number of fused-ring (bicyclic) bond motifs is 1. The first-order chi connectivity index (χ1) is 18.7. The molecule has 0 saturated heterocycles. The summed E-state index contributed by atoms with van der Waals surface area (Å²) in [5, 5.41) is 15.3. The maximum absolute atomic E-state index is 13.5. The highest BCUT2D eigenvalue weighted by Gasteiger charge is 2.25. The first-order valence-electron chi connectivity index (χ1n) is 12.7. The smallest absolute Gasteiger partial charge is 0.141 e. The van der Waals surface area contributed by atoms with Crippen LogP contribution in [0, 0.1) is 11.3 Å². The first-order valence-corrected chi connectivity index (χ1v) is 13.9. The lowest BCUT2D eigenvalue weighted by Gasteiger charge is -2.22. The Morgan fingerprint density at radius 3 is 2.84 bits per heavy atom. The van der Waals surface area contributed by atoms with Gasteiger partial charge >= 0.3 is 0 Å². The van der Waals surface area contributed by atoms with Crippen molar-refractivity contribution < 1.29 is 4.21 Å². The molecule has 2 atom stereocenters. The van der Waals surface area contributed by atoms with E-state index < -0.39 is 10.8 Å². The normalized spacial score (nSPS) is 15.8. The van der Waals surface area contributed by atoms with Crippen LogP contribution in [0.25, 0.3) is 33.5 Å². The molecule has 9 nitrogen and oxygen atoms in total. The zero-order valence-corrected chi connectivity index (χ0v) is 21.5. The predicted octanol–water partition coefficient (Wildman–Crippen LogP) is 5.22. The summed E-state index contributed by atoms with van der Waals surface area (Å²) in [6.07, 6.45) is 17.8. The van der Waals surface area contributed by atoms with Gasteiger partial charge in [-0.05, 0) is 42.7 Å². The van der Waals surface area contributed by atoms with Gasteiger partial charge in [-0.25, -0.2) is 9.97 Å². The Morgan fingerprint density at radius 1 is 1.08 bits per heavy atom. The first kappa shape index (κ1) is 24.1. The van der Waals surface area contributed by atoms with Crippen molar-refractivity contribution >= 4 is 21.8 Å². The van der Waals surface area contributed by atoms with Crippen molar-refractivity contribution in [2.45, 2.75) is 54.7 Å². The number of aromatic amines is 1. The van der Waals surface area contributed by atoms with E-state index in [0.717, 1.165) is 64.0 Å². The van der Waals surface area contributed by atoms with Crippen LogP contribution in [0.1, 0.15) is 50.1 Å². The third kappa shape index (κ3) is 4.61. The molecule has 5 aromatic rings. The lowest BCUT2D eigenvalue weighted by molar-refractivity contribution is 0.504. The van der Waals surface area contributed by atoms with Crippen molar-refractivity contribution in [3.8, 4) is 28.6 Å². The molecule has 0 radical (unpaired) electrons. The summed E-state index contributed by atoms with van der Waals surface area (Å²) in [4.78, 5) is 21.7. The van der Waals surface area contributed by atoms with Gasteiger partial charge in [0.05, 0.1) is 51.8 Å². The summed E-state index contributed by atoms with van der Waals surface area (Å²) in [5.74, 6) is 0. The molecule has 1 saturated carbocycles. The Morgan fingerprint density at radius 2 is 1.97 bits per heavy atom. The van der Waals surface area contributed by atoms with E-state index in [1.807, 2.05) is 36.7 Å². The fourth-order valence-corrected chi connectivity index (χ4v) is 6.88. The van der Waals surface area contributed by atoms with E-state index in [9.17, 15) is 9.47 Å². The van der Waals surface area contributed by atoms with E-state index >= 15 is 0 Å². The molecule has 0 spiro atoms. The second-order valence-corrected chi connectivity index (χ2v) is 11.2. The Labute approximate surface area is 222 Å². The minimum absolute atomic E-state index is 0.157. The SMILES string of the molecule is N#CCC(c1cncc(-c2ncccc2S(=O)C2CCCCC2)c1)n1cc(-c2ncnc3[nH]ccc23)cn1. The molecule has 38 heavy (non-hydrogen) atoms. The maximum Gasteiger partial charge on any atom is 0.141 e. The van der Waals surface area contributed by atoms with Crippen LogP contribution in [0.3, 0.4) is 0 Å². The molecular formula is C28H26N8OS. The van der Waals surface area contributed by atoms with E-state index in [1.165, 1.54) is 12.7 Å². The van der Waals surface area contributed by atoms with Gasteiger partial charge in [0.15, 0.2) is 0 Å². The van der Waals surface area contributed by atoms with E-state index in [-0.39, 0.29) is 17.7 Å². The van der Waals surface area contributed by atoms with Gasteiger partial charge in [-0.15, -0.1) is 0 Å². The molecule has 0 aliphatic heterocycles. The number of hydrogen-bond acceptors (Lipinski definition) is 7. The van der Waals surface area contributed by atoms with Crippen LogP contribution < -0.4 is 0 Å². The van der Waals surface area contributed by atoms with Crippen molar-refractivity contribution in [1.29, 1.82) is 5.26 Å². The average molecular weight is 523 g/mol. The zero-order chi connectivity index (χ0) is 25.9. The number of nitriles is 1. The standard InChI is InChI=1S/C28H26N8OS/c29-10-8-24(36-17-21(16-35-36)26-23-9-12-32-28(23)34-18-33-26)19-13-20(15-30-14-19)27-25(7-4-11-31-27)38(37)22-5-2-1-3-6-22/h4,7,9,11-18,22,24H,1-3,5-6,8H2,(H,32,33,34). The summed E-state index contributed by atoms with van der Waals surface area (Å²) in [5.41, 5.74) is 4.64. The zero-order valence-electron chi connectivity index (χ0n) is 20.7. The van der Waals surface area contributed by atoms with Crippen LogP contribution in [0.4, 0.5) is 0 Å². The molecule has 0 amide bonds. The monoisotopic (exact) mass is 522 g/mol. The number of aromatic nitrogens is 7. The number of nitrogens with one attached hydrogen (secondary N) is 1. The molecule has 190 valence electrons. The molecule has 0 aromatic carbocycles. The van der Waals surface area contributed by atoms with Crippen LogP contribution in [0.15, 0.2) is 72.7 Å². The Bertz CT molecular complexity index is 1650. The van der Waals surface area contributed by atoms with E-state index in [0.29, 0.717) is 5.69 Å². The molecule has 6 rings (SSSR count). The molecule has 5 heterocycles. The molecule has 0 bridgehead atoms. The fraction of sp³-hybridized carbons (Fsp3) is 0.286. The Kier molecular flexibility index (Phi) is 6.75. The summed E-state index contributed by atoms with van der Waals surface area (Å²) >= 11 is 0. The van der Waals surface area contributed by atoms with Gasteiger partial charge < -0.3 is 4.98 Å². The van der Waals surface area contributed by atoms with Crippen molar-refractivity contribution in [3.63, 3.8) is 0 Å². The molecule has 1 fully saturated rings. The van der Waals surface area contributed by atoms with Crippen LogP contribution in [0.2, 0.25) is 0 Å². The van der Waals surface area contributed by atoms with Gasteiger partial charge in [0.25, 0.3) is 0 Å². The van der Waals surface area contributed by atoms with Crippen LogP contribution in [-0.2, 0) is 10.8 Å². The quantitative estimate of drug-likeness (QED) is 0.310. The summed E-state index contributed by atoms with van der Waals surface area (Å²) in [7, 11) is -1.14. The number of nitrogens with zero attached hydrogens (tertiary/aromatic N) is 7. The second-order valence-electron chi connectivity index (χ2n) is 9.46. The summed E-state index contributed by atoms with van der Waals surface area (Å²) in [6, 6.07) is 9.60. The topological polar surface area (TPSA) is 126 Å². The number of hydrogen-bond donors (Lipinski definition) is 1. The molecule has 1 aliphatic rings. The van der Waals surface area contributed by atoms with E-state index in [4.69, 9.17) is 0 Å². The molecule has 5 aromatic heterocycles. The fourth-order valence-electron chi connectivity index (χ4n) is 5.18. The summed E-state index contributed by atoms with van der Waals surface area (Å²) < 4.78 is 15.3. The highest BCUT2D eigenvalue weighted by Crippen LogP contribution is 2.33. The van der Waals surface area contributed by atoms with Gasteiger partial charge in [0, 0.05) is 52.7 Å². The van der Waals surface area contributed by atoms with E-state index in [2.05, 4.69) is 36.1 Å². The minimum atomic E-state index is -1.14. The van der Waals surface area contributed by atoms with E-state index in [1.54, 1.807) is 29.5 Å². The lowest BCUT2D eigenvalue weighted by Crippen LogP contribution is -2.19. The van der Waals surface area contributed by atoms with Gasteiger partial charge in [-0.2, -0.15) is 10.4 Å². The largest absolute Gasteiger partial charge is 0.346 e. The molecule has 2 unspecified atom stereocenters. The van der Waals surface area contributed by atoms with Gasteiger partial charge in [0.1, 0.15) is 12.0 Å². The third-order valence-corrected chi connectivity index (χ3v) is 8.93. The summed E-state index contributed by atoms with van der Waals surface area (Å²) in [6.45, 7) is 0. The Balaban J connectivity index is 1.35. The number of pyridine rings is 2. The second kappa shape index (κ2) is 10.6. The predicted molar refractivity (Wildman–Crippen MR) is 144 cm³/mol. The minimum Gasteiger partial charge on any atom is -0.346 e. The van der Waals surface area contributed by atoms with Crippen LogP contribution in [0.5, 0.6) is 0 Å². The number of rotatable bonds is 7. The van der Waals surface area contributed by atoms with Crippen molar-refractivity contribution in [2.75, 3.05) is 0 Å². The third-order valence-electron chi connectivity index (χ3n) is 7.09.